The van der Waals surface area contributed by atoms with Crippen molar-refractivity contribution in [3.05, 3.63) is 54.1 Å². The van der Waals surface area contributed by atoms with E-state index in [1.54, 1.807) is 26.0 Å². The van der Waals surface area contributed by atoms with Crippen molar-refractivity contribution in [2.24, 2.45) is 0 Å². The molecule has 0 fully saturated rings. The van der Waals surface area contributed by atoms with Crippen molar-refractivity contribution in [2.75, 3.05) is 0 Å². The Hall–Kier alpha value is -2.27. The predicted molar refractivity (Wildman–Crippen MR) is 113 cm³/mol. The number of fused-ring (bicyclic) bond motifs is 1. The molecule has 0 spiro atoms. The quantitative estimate of drug-likeness (QED) is 0.576. The molecule has 2 N–H and O–H groups in total. The summed E-state index contributed by atoms with van der Waals surface area (Å²) in [4.78, 5) is 3.95. The zero-order valence-electron chi connectivity index (χ0n) is 17.4. The lowest BCUT2D eigenvalue weighted by Crippen LogP contribution is -2.53. The van der Waals surface area contributed by atoms with E-state index in [-0.39, 0.29) is 21.4 Å². The van der Waals surface area contributed by atoms with Crippen molar-refractivity contribution in [2.45, 2.75) is 50.7 Å². The van der Waals surface area contributed by atoms with Crippen molar-refractivity contribution in [1.82, 2.24) is 8.96 Å². The Balaban J connectivity index is 2.16. The lowest BCUT2D eigenvalue weighted by Gasteiger charge is -2.38. The van der Waals surface area contributed by atoms with E-state index >= 15 is 0 Å². The van der Waals surface area contributed by atoms with Crippen LogP contribution in [0.3, 0.4) is 0 Å². The maximum atomic E-state index is 13.9. The molecule has 0 atom stereocenters. The normalized spacial score (nSPS) is 13.1. The molecule has 10 heteroatoms. The molecule has 0 amide bonds. The fourth-order valence-electron chi connectivity index (χ4n) is 2.77. The third-order valence-electron chi connectivity index (χ3n) is 5.33. The number of halogens is 1. The minimum atomic E-state index is -4.06. The molecule has 0 saturated heterocycles. The second-order valence-corrected chi connectivity index (χ2v) is 10.1. The van der Waals surface area contributed by atoms with Gasteiger partial charge in [-0.1, -0.05) is 17.7 Å². The maximum Gasteiger partial charge on any atom is 0.493 e. The number of aromatic nitrogens is 2. The number of hydrogen-bond donors (Lipinski definition) is 2. The molecule has 3 aromatic rings. The number of aliphatic hydroxyl groups is 1. The zero-order valence-corrected chi connectivity index (χ0v) is 18.2. The van der Waals surface area contributed by atoms with E-state index in [2.05, 4.69) is 4.98 Å². The predicted octanol–water partition coefficient (Wildman–Crippen LogP) is 1.97. The van der Waals surface area contributed by atoms with Gasteiger partial charge in [0, 0.05) is 17.0 Å². The Kier molecular flexibility index (Phi) is 5.57. The van der Waals surface area contributed by atoms with Gasteiger partial charge in [0.05, 0.1) is 22.3 Å². The molecular weight excluding hydrogens is 410 g/mol. The Bertz CT molecular complexity index is 1180. The summed E-state index contributed by atoms with van der Waals surface area (Å²) >= 11 is 0. The SMILES string of the molecule is Cc1ccc(S(=O)(=O)n2cc(B(O)OC(C)(C)C(C)(C)O)c3cc(F)cnc32)cc1. The van der Waals surface area contributed by atoms with Gasteiger partial charge in [-0.25, -0.2) is 21.8 Å². The largest absolute Gasteiger partial charge is 0.493 e. The van der Waals surface area contributed by atoms with Crippen LogP contribution in [0.15, 0.2) is 47.6 Å². The van der Waals surface area contributed by atoms with Crippen molar-refractivity contribution in [3.8, 4) is 0 Å². The van der Waals surface area contributed by atoms with E-state index in [9.17, 15) is 22.9 Å². The van der Waals surface area contributed by atoms with Crippen molar-refractivity contribution >= 4 is 33.6 Å². The lowest BCUT2D eigenvalue weighted by atomic mass is 9.76. The van der Waals surface area contributed by atoms with Gasteiger partial charge < -0.3 is 14.8 Å². The Morgan fingerprint density at radius 2 is 1.77 bits per heavy atom. The highest BCUT2D eigenvalue weighted by Gasteiger charge is 2.41. The summed E-state index contributed by atoms with van der Waals surface area (Å²) in [7, 11) is -5.70. The van der Waals surface area contributed by atoms with Crippen LogP contribution < -0.4 is 5.46 Å². The molecule has 1 aromatic carbocycles. The first kappa shape index (κ1) is 22.4. The highest BCUT2D eigenvalue weighted by Crippen LogP contribution is 2.27. The van der Waals surface area contributed by atoms with Gasteiger partial charge in [0.15, 0.2) is 5.65 Å². The van der Waals surface area contributed by atoms with Crippen LogP contribution >= 0.6 is 0 Å². The van der Waals surface area contributed by atoms with Gasteiger partial charge in [0.25, 0.3) is 10.0 Å². The van der Waals surface area contributed by atoms with E-state index < -0.39 is 34.2 Å². The highest BCUT2D eigenvalue weighted by molar-refractivity contribution is 7.90. The molecule has 2 aromatic heterocycles. The second-order valence-electron chi connectivity index (χ2n) is 8.26. The average Bonchev–Trinajstić information content (AvgIpc) is 3.00. The summed E-state index contributed by atoms with van der Waals surface area (Å²) in [5.74, 6) is -0.691. The third kappa shape index (κ3) is 4.00. The minimum absolute atomic E-state index is 0.0185. The van der Waals surface area contributed by atoms with E-state index in [0.717, 1.165) is 28.0 Å². The van der Waals surface area contributed by atoms with Gasteiger partial charge in [0.2, 0.25) is 0 Å². The zero-order chi connectivity index (χ0) is 22.5. The topological polar surface area (TPSA) is 102 Å². The number of aryl methyl sites for hydroxylation is 1. The highest BCUT2D eigenvalue weighted by atomic mass is 32.2. The smallest absolute Gasteiger partial charge is 0.423 e. The molecule has 0 aliphatic carbocycles. The van der Waals surface area contributed by atoms with Gasteiger partial charge in [-0.3, -0.25) is 0 Å². The minimum Gasteiger partial charge on any atom is -0.423 e. The molecule has 0 radical (unpaired) electrons. The summed E-state index contributed by atoms with van der Waals surface area (Å²) in [6, 6.07) is 7.34. The fraction of sp³-hybridized carbons (Fsp3) is 0.350. The standard InChI is InChI=1S/C20H24BFN2O5S/c1-13-6-8-15(9-7-13)30(27,28)24-12-17(16-10-14(22)11-23-18(16)24)21(26)29-20(4,5)19(2,3)25/h6-12,25-26H,1-5H3. The third-order valence-corrected chi connectivity index (χ3v) is 7.00. The van der Waals surface area contributed by atoms with Crippen LogP contribution in [0, 0.1) is 12.7 Å². The monoisotopic (exact) mass is 434 g/mol. The van der Waals surface area contributed by atoms with Crippen LogP contribution in [0.4, 0.5) is 4.39 Å². The lowest BCUT2D eigenvalue weighted by molar-refractivity contribution is -0.0982. The summed E-state index contributed by atoms with van der Waals surface area (Å²) < 4.78 is 46.8. The molecule has 0 saturated carbocycles. The summed E-state index contributed by atoms with van der Waals surface area (Å²) in [6.07, 6.45) is 2.07. The Morgan fingerprint density at radius 3 is 2.33 bits per heavy atom. The van der Waals surface area contributed by atoms with Gasteiger partial charge in [-0.2, -0.15) is 0 Å². The van der Waals surface area contributed by atoms with Gasteiger partial charge in [0.1, 0.15) is 5.82 Å². The molecule has 2 heterocycles. The van der Waals surface area contributed by atoms with Gasteiger partial charge in [-0.05, 0) is 52.8 Å². The van der Waals surface area contributed by atoms with E-state index in [1.807, 2.05) is 6.92 Å². The van der Waals surface area contributed by atoms with Crippen molar-refractivity contribution in [3.63, 3.8) is 0 Å². The summed E-state index contributed by atoms with van der Waals surface area (Å²) in [6.45, 7) is 8.04. The van der Waals surface area contributed by atoms with Crippen LogP contribution in [-0.2, 0) is 14.7 Å². The van der Waals surface area contributed by atoms with Gasteiger partial charge in [-0.15, -0.1) is 0 Å². The first-order valence-electron chi connectivity index (χ1n) is 9.31. The summed E-state index contributed by atoms with van der Waals surface area (Å²) in [5.41, 5.74) is -1.65. The number of hydrogen-bond acceptors (Lipinski definition) is 6. The molecule has 0 unspecified atom stereocenters. The van der Waals surface area contributed by atoms with Gasteiger partial charge >= 0.3 is 7.12 Å². The first-order chi connectivity index (χ1) is 13.7. The Labute approximate surface area is 175 Å². The maximum absolute atomic E-state index is 13.9. The summed E-state index contributed by atoms with van der Waals surface area (Å²) in [5, 5.41) is 21.1. The molecule has 0 bridgehead atoms. The average molecular weight is 434 g/mol. The van der Waals surface area contributed by atoms with Crippen LogP contribution in [0.25, 0.3) is 11.0 Å². The van der Waals surface area contributed by atoms with E-state index in [0.29, 0.717) is 0 Å². The second kappa shape index (κ2) is 7.45. The number of rotatable bonds is 6. The van der Waals surface area contributed by atoms with E-state index in [1.165, 1.54) is 26.0 Å². The molecule has 7 nitrogen and oxygen atoms in total. The molecular formula is C20H24BFN2O5S. The molecule has 0 aliphatic heterocycles. The Morgan fingerprint density at radius 1 is 1.17 bits per heavy atom. The van der Waals surface area contributed by atoms with Crippen LogP contribution in [0.5, 0.6) is 0 Å². The number of pyridine rings is 1. The number of benzene rings is 1. The van der Waals surface area contributed by atoms with Crippen molar-refractivity contribution in [1.29, 1.82) is 0 Å². The molecule has 3 rings (SSSR count). The number of nitrogens with zero attached hydrogens (tertiary/aromatic N) is 2. The van der Waals surface area contributed by atoms with E-state index in [4.69, 9.17) is 4.65 Å². The van der Waals surface area contributed by atoms with Crippen LogP contribution in [0.1, 0.15) is 33.3 Å². The fourth-order valence-corrected chi connectivity index (χ4v) is 4.10. The van der Waals surface area contributed by atoms with Crippen LogP contribution in [0.2, 0.25) is 0 Å². The van der Waals surface area contributed by atoms with Crippen LogP contribution in [-0.4, -0.2) is 45.8 Å². The van der Waals surface area contributed by atoms with Crippen molar-refractivity contribution < 1.29 is 27.6 Å². The molecule has 30 heavy (non-hydrogen) atoms. The molecule has 160 valence electrons. The molecule has 0 aliphatic rings. The first-order valence-corrected chi connectivity index (χ1v) is 10.7.